The van der Waals surface area contributed by atoms with Crippen molar-refractivity contribution >= 4 is 17.7 Å². The summed E-state index contributed by atoms with van der Waals surface area (Å²) in [4.78, 5) is 11.3. The lowest BCUT2D eigenvalue weighted by molar-refractivity contribution is -0.122. The van der Waals surface area contributed by atoms with E-state index in [4.69, 9.17) is 10.4 Å². The predicted octanol–water partition coefficient (Wildman–Crippen LogP) is 0.274. The van der Waals surface area contributed by atoms with Gasteiger partial charge in [-0.05, 0) is 19.3 Å². The lowest BCUT2D eigenvalue weighted by Crippen LogP contribution is -2.56. The summed E-state index contributed by atoms with van der Waals surface area (Å²) in [6, 6.07) is 1.96. The molecule has 1 amide bonds. The van der Waals surface area contributed by atoms with Crippen molar-refractivity contribution in [1.82, 2.24) is 5.32 Å². The van der Waals surface area contributed by atoms with E-state index in [2.05, 4.69) is 5.32 Å². The second kappa shape index (κ2) is 5.23. The van der Waals surface area contributed by atoms with Gasteiger partial charge in [-0.3, -0.25) is 4.79 Å². The van der Waals surface area contributed by atoms with Gasteiger partial charge in [-0.1, -0.05) is 0 Å². The molecule has 1 aliphatic carbocycles. The van der Waals surface area contributed by atoms with Gasteiger partial charge >= 0.3 is 0 Å². The number of rotatable bonds is 5. The van der Waals surface area contributed by atoms with E-state index >= 15 is 0 Å². The maximum atomic E-state index is 11.3. The van der Waals surface area contributed by atoms with Gasteiger partial charge in [0.15, 0.2) is 0 Å². The molecule has 1 fully saturated rings. The third-order valence-electron chi connectivity index (χ3n) is 2.42. The Kier molecular flexibility index (Phi) is 4.23. The van der Waals surface area contributed by atoms with Gasteiger partial charge in [0, 0.05) is 0 Å². The molecule has 78 valence electrons. The first-order valence-corrected chi connectivity index (χ1v) is 5.74. The van der Waals surface area contributed by atoms with Gasteiger partial charge in [0.25, 0.3) is 0 Å². The monoisotopic (exact) mass is 214 g/mol. The molecule has 0 aromatic rings. The van der Waals surface area contributed by atoms with Crippen LogP contribution in [0.1, 0.15) is 19.3 Å². The number of aliphatic hydroxyl groups is 1. The van der Waals surface area contributed by atoms with E-state index in [0.29, 0.717) is 11.5 Å². The van der Waals surface area contributed by atoms with Gasteiger partial charge < -0.3 is 10.4 Å². The normalized spacial score (nSPS) is 18.0. The van der Waals surface area contributed by atoms with Crippen LogP contribution in [0.3, 0.4) is 0 Å². The summed E-state index contributed by atoms with van der Waals surface area (Å²) in [5.41, 5.74) is -0.357. The Labute approximate surface area is 87.7 Å². The summed E-state index contributed by atoms with van der Waals surface area (Å²) in [5.74, 6) is 0.550. The van der Waals surface area contributed by atoms with Crippen LogP contribution in [0.25, 0.3) is 0 Å². The van der Waals surface area contributed by atoms with Crippen LogP contribution in [0.4, 0.5) is 0 Å². The number of nitrogens with zero attached hydrogens (tertiary/aromatic N) is 1. The average Bonchev–Trinajstić information content (AvgIpc) is 2.12. The number of hydrogen-bond acceptors (Lipinski definition) is 4. The molecule has 2 N–H and O–H groups in total. The highest BCUT2D eigenvalue weighted by Crippen LogP contribution is 2.31. The van der Waals surface area contributed by atoms with Crippen molar-refractivity contribution in [2.75, 3.05) is 18.1 Å². The molecule has 0 bridgehead atoms. The molecule has 0 aliphatic heterocycles. The van der Waals surface area contributed by atoms with Crippen molar-refractivity contribution in [2.24, 2.45) is 0 Å². The lowest BCUT2D eigenvalue weighted by Gasteiger charge is -2.40. The summed E-state index contributed by atoms with van der Waals surface area (Å²) >= 11 is 1.29. The van der Waals surface area contributed by atoms with Crippen molar-refractivity contribution in [3.8, 4) is 6.07 Å². The lowest BCUT2D eigenvalue weighted by atomic mass is 9.77. The van der Waals surface area contributed by atoms with Gasteiger partial charge in [0.05, 0.1) is 29.7 Å². The summed E-state index contributed by atoms with van der Waals surface area (Å²) < 4.78 is 0. The molecule has 0 aromatic heterocycles. The van der Waals surface area contributed by atoms with Crippen molar-refractivity contribution in [3.63, 3.8) is 0 Å². The minimum absolute atomic E-state index is 0.0155. The van der Waals surface area contributed by atoms with Gasteiger partial charge in [-0.25, -0.2) is 0 Å². The number of aliphatic hydroxyl groups excluding tert-OH is 1. The Morgan fingerprint density at radius 1 is 1.64 bits per heavy atom. The number of nitriles is 1. The molecule has 1 aliphatic rings. The average molecular weight is 214 g/mol. The zero-order valence-electron chi connectivity index (χ0n) is 7.95. The quantitative estimate of drug-likeness (QED) is 0.644. The minimum Gasteiger partial charge on any atom is -0.394 e. The van der Waals surface area contributed by atoms with Crippen LogP contribution in [-0.2, 0) is 4.79 Å². The smallest absolute Gasteiger partial charge is 0.230 e. The van der Waals surface area contributed by atoms with E-state index in [1.165, 1.54) is 11.8 Å². The van der Waals surface area contributed by atoms with E-state index < -0.39 is 0 Å². The molecule has 0 radical (unpaired) electrons. The molecule has 0 unspecified atom stereocenters. The van der Waals surface area contributed by atoms with E-state index in [1.54, 1.807) is 0 Å². The van der Waals surface area contributed by atoms with Crippen LogP contribution in [0, 0.1) is 11.3 Å². The van der Waals surface area contributed by atoms with Crippen LogP contribution in [-0.4, -0.2) is 34.7 Å². The molecule has 5 heteroatoms. The van der Waals surface area contributed by atoms with E-state index in [0.717, 1.165) is 19.3 Å². The first kappa shape index (κ1) is 11.3. The standard InChI is InChI=1S/C9H14N2O2S/c10-4-5-14-6-8(13)11-9(7-12)2-1-3-9/h12H,1-3,5-7H2,(H,11,13). The molecule has 0 aromatic carbocycles. The molecule has 1 rings (SSSR count). The van der Waals surface area contributed by atoms with Crippen molar-refractivity contribution < 1.29 is 9.90 Å². The molecule has 14 heavy (non-hydrogen) atoms. The third-order valence-corrected chi connectivity index (χ3v) is 3.22. The highest BCUT2D eigenvalue weighted by atomic mass is 32.2. The topological polar surface area (TPSA) is 73.1 Å². The van der Waals surface area contributed by atoms with Crippen molar-refractivity contribution in [2.45, 2.75) is 24.8 Å². The molecule has 0 saturated heterocycles. The second-order valence-electron chi connectivity index (χ2n) is 3.49. The molecular formula is C9H14N2O2S. The minimum atomic E-state index is -0.357. The Balaban J connectivity index is 2.22. The van der Waals surface area contributed by atoms with Crippen LogP contribution in [0.15, 0.2) is 0 Å². The van der Waals surface area contributed by atoms with Crippen LogP contribution in [0.5, 0.6) is 0 Å². The SMILES string of the molecule is N#CCSCC(=O)NC1(CO)CCC1. The summed E-state index contributed by atoms with van der Waals surface area (Å²) in [6.07, 6.45) is 2.78. The highest BCUT2D eigenvalue weighted by Gasteiger charge is 2.37. The molecule has 4 nitrogen and oxygen atoms in total. The number of hydrogen-bond donors (Lipinski definition) is 2. The zero-order chi connectivity index (χ0) is 10.4. The number of nitrogens with one attached hydrogen (secondary N) is 1. The summed E-state index contributed by atoms with van der Waals surface area (Å²) in [5, 5.41) is 20.2. The van der Waals surface area contributed by atoms with Gasteiger partial charge in [-0.15, -0.1) is 11.8 Å². The van der Waals surface area contributed by atoms with Crippen LogP contribution >= 0.6 is 11.8 Å². The Morgan fingerprint density at radius 2 is 2.36 bits per heavy atom. The summed E-state index contributed by atoms with van der Waals surface area (Å²) in [6.45, 7) is 0.0155. The summed E-state index contributed by atoms with van der Waals surface area (Å²) in [7, 11) is 0. The van der Waals surface area contributed by atoms with Crippen LogP contribution < -0.4 is 5.32 Å². The third kappa shape index (κ3) is 2.89. The number of carbonyl (C=O) groups excluding carboxylic acids is 1. The molecule has 0 atom stereocenters. The van der Waals surface area contributed by atoms with E-state index in [1.807, 2.05) is 6.07 Å². The maximum Gasteiger partial charge on any atom is 0.230 e. The van der Waals surface area contributed by atoms with E-state index in [9.17, 15) is 4.79 Å². The molecular weight excluding hydrogens is 200 g/mol. The molecule has 1 saturated carbocycles. The second-order valence-corrected chi connectivity index (χ2v) is 4.48. The van der Waals surface area contributed by atoms with Crippen molar-refractivity contribution in [1.29, 1.82) is 5.26 Å². The number of carbonyl (C=O) groups is 1. The fraction of sp³-hybridized carbons (Fsp3) is 0.778. The highest BCUT2D eigenvalue weighted by molar-refractivity contribution is 8.00. The van der Waals surface area contributed by atoms with Gasteiger partial charge in [-0.2, -0.15) is 5.26 Å². The van der Waals surface area contributed by atoms with Crippen molar-refractivity contribution in [3.05, 3.63) is 0 Å². The van der Waals surface area contributed by atoms with E-state index in [-0.39, 0.29) is 18.1 Å². The Morgan fingerprint density at radius 3 is 2.79 bits per heavy atom. The number of amides is 1. The molecule has 0 spiro atoms. The van der Waals surface area contributed by atoms with Crippen LogP contribution in [0.2, 0.25) is 0 Å². The first-order chi connectivity index (χ1) is 6.72. The fourth-order valence-corrected chi connectivity index (χ4v) is 1.90. The Bertz CT molecular complexity index is 240. The fourth-order valence-electron chi connectivity index (χ4n) is 1.45. The zero-order valence-corrected chi connectivity index (χ0v) is 8.77. The number of thioether (sulfide) groups is 1. The Hall–Kier alpha value is -0.730. The first-order valence-electron chi connectivity index (χ1n) is 4.59. The maximum absolute atomic E-state index is 11.3. The van der Waals surface area contributed by atoms with Gasteiger partial charge in [0.1, 0.15) is 0 Å². The molecule has 0 heterocycles. The van der Waals surface area contributed by atoms with Gasteiger partial charge in [0.2, 0.25) is 5.91 Å². The predicted molar refractivity (Wildman–Crippen MR) is 54.7 cm³/mol. The largest absolute Gasteiger partial charge is 0.394 e.